The SMILES string of the molecule is O=C(C=Cc1ccccc1)Oc1ccc2cc(-c3nc4ccccc4s3)c(=O)oc2c1. The molecule has 0 bridgehead atoms. The predicted octanol–water partition coefficient (Wildman–Crippen LogP) is 5.69. The van der Waals surface area contributed by atoms with Gasteiger partial charge in [0.25, 0.3) is 0 Å². The van der Waals surface area contributed by atoms with Gasteiger partial charge in [-0.3, -0.25) is 0 Å². The van der Waals surface area contributed by atoms with Crippen LogP contribution < -0.4 is 10.4 Å². The van der Waals surface area contributed by atoms with Gasteiger partial charge in [0.15, 0.2) is 0 Å². The Hall–Kier alpha value is -4.03. The number of hydrogen-bond donors (Lipinski definition) is 0. The van der Waals surface area contributed by atoms with Crippen LogP contribution in [0.3, 0.4) is 0 Å². The van der Waals surface area contributed by atoms with E-state index in [1.54, 1.807) is 24.3 Å². The molecule has 0 aliphatic heterocycles. The standard InChI is InChI=1S/C25H15NO4S/c27-23(13-10-16-6-2-1-3-7-16)29-18-12-11-17-14-19(25(28)30-21(17)15-18)24-26-20-8-4-5-9-22(20)31-24/h1-15H. The second-order valence-electron chi connectivity index (χ2n) is 6.80. The number of esters is 1. The van der Waals surface area contributed by atoms with Crippen LogP contribution in [0.1, 0.15) is 5.56 Å². The highest BCUT2D eigenvalue weighted by Gasteiger charge is 2.13. The van der Waals surface area contributed by atoms with Crippen molar-refractivity contribution in [3.63, 3.8) is 0 Å². The van der Waals surface area contributed by atoms with Crippen LogP contribution in [0, 0.1) is 0 Å². The second-order valence-corrected chi connectivity index (χ2v) is 7.83. The first-order chi connectivity index (χ1) is 15.2. The summed E-state index contributed by atoms with van der Waals surface area (Å²) < 4.78 is 11.8. The van der Waals surface area contributed by atoms with Crippen molar-refractivity contribution in [1.82, 2.24) is 4.98 Å². The largest absolute Gasteiger partial charge is 0.423 e. The number of nitrogens with zero attached hydrogens (tertiary/aromatic N) is 1. The molecule has 31 heavy (non-hydrogen) atoms. The van der Waals surface area contributed by atoms with Crippen LogP contribution in [0.15, 0.2) is 94.2 Å². The van der Waals surface area contributed by atoms with Crippen LogP contribution in [0.2, 0.25) is 0 Å². The first kappa shape index (κ1) is 19.0. The molecule has 150 valence electrons. The number of para-hydroxylation sites is 1. The first-order valence-corrected chi connectivity index (χ1v) is 10.4. The third-order valence-electron chi connectivity index (χ3n) is 4.66. The zero-order valence-corrected chi connectivity index (χ0v) is 17.0. The van der Waals surface area contributed by atoms with E-state index < -0.39 is 11.6 Å². The van der Waals surface area contributed by atoms with Crippen molar-refractivity contribution in [1.29, 1.82) is 0 Å². The van der Waals surface area contributed by atoms with E-state index >= 15 is 0 Å². The van der Waals surface area contributed by atoms with Crippen molar-refractivity contribution in [3.8, 4) is 16.3 Å². The minimum absolute atomic E-state index is 0.297. The van der Waals surface area contributed by atoms with E-state index in [0.29, 0.717) is 27.3 Å². The first-order valence-electron chi connectivity index (χ1n) is 9.54. The van der Waals surface area contributed by atoms with Crippen molar-refractivity contribution < 1.29 is 13.9 Å². The molecule has 5 rings (SSSR count). The topological polar surface area (TPSA) is 69.4 Å². The Labute approximate surface area is 180 Å². The van der Waals surface area contributed by atoms with E-state index in [4.69, 9.17) is 9.15 Å². The van der Waals surface area contributed by atoms with E-state index in [9.17, 15) is 9.59 Å². The van der Waals surface area contributed by atoms with Crippen LogP contribution in [0.4, 0.5) is 0 Å². The molecule has 0 N–H and O–H groups in total. The molecule has 2 heterocycles. The average Bonchev–Trinajstić information content (AvgIpc) is 3.22. The summed E-state index contributed by atoms with van der Waals surface area (Å²) >= 11 is 1.44. The van der Waals surface area contributed by atoms with E-state index in [0.717, 1.165) is 15.8 Å². The van der Waals surface area contributed by atoms with E-state index in [2.05, 4.69) is 4.98 Å². The van der Waals surface area contributed by atoms with Gasteiger partial charge in [0.05, 0.1) is 15.8 Å². The summed E-state index contributed by atoms with van der Waals surface area (Å²) in [4.78, 5) is 29.2. The molecule has 0 saturated carbocycles. The maximum Gasteiger partial charge on any atom is 0.346 e. The van der Waals surface area contributed by atoms with E-state index in [1.807, 2.05) is 54.6 Å². The van der Waals surface area contributed by atoms with Gasteiger partial charge in [-0.1, -0.05) is 42.5 Å². The van der Waals surface area contributed by atoms with Crippen molar-refractivity contribution in [2.75, 3.05) is 0 Å². The molecule has 6 heteroatoms. The van der Waals surface area contributed by atoms with Crippen LogP contribution in [-0.2, 0) is 4.79 Å². The lowest BCUT2D eigenvalue weighted by Crippen LogP contribution is -2.05. The van der Waals surface area contributed by atoms with Gasteiger partial charge in [0.2, 0.25) is 0 Å². The number of carbonyl (C=O) groups excluding carboxylic acids is 1. The molecule has 0 spiro atoms. The predicted molar refractivity (Wildman–Crippen MR) is 122 cm³/mol. The van der Waals surface area contributed by atoms with Crippen LogP contribution in [0.5, 0.6) is 5.75 Å². The van der Waals surface area contributed by atoms with Crippen molar-refractivity contribution in [3.05, 3.63) is 101 Å². The minimum Gasteiger partial charge on any atom is -0.423 e. The fraction of sp³-hybridized carbons (Fsp3) is 0. The maximum absolute atomic E-state index is 12.6. The monoisotopic (exact) mass is 425 g/mol. The van der Waals surface area contributed by atoms with Gasteiger partial charge >= 0.3 is 11.6 Å². The second kappa shape index (κ2) is 8.01. The average molecular weight is 425 g/mol. The molecule has 5 nitrogen and oxygen atoms in total. The lowest BCUT2D eigenvalue weighted by atomic mass is 10.2. The Morgan fingerprint density at radius 1 is 0.968 bits per heavy atom. The van der Waals surface area contributed by atoms with E-state index in [-0.39, 0.29) is 0 Å². The molecule has 0 aliphatic carbocycles. The quantitative estimate of drug-likeness (QED) is 0.160. The zero-order chi connectivity index (χ0) is 21.2. The number of rotatable bonds is 4. The van der Waals surface area contributed by atoms with Crippen LogP contribution >= 0.6 is 11.3 Å². The summed E-state index contributed by atoms with van der Waals surface area (Å²) in [6.07, 6.45) is 3.03. The van der Waals surface area contributed by atoms with Gasteiger partial charge in [0.1, 0.15) is 16.3 Å². The Kier molecular flexibility index (Phi) is 4.90. The maximum atomic E-state index is 12.6. The molecule has 0 aliphatic rings. The van der Waals surface area contributed by atoms with Crippen molar-refractivity contribution >= 4 is 44.6 Å². The Bertz CT molecular complexity index is 1470. The van der Waals surface area contributed by atoms with Gasteiger partial charge in [-0.25, -0.2) is 14.6 Å². The lowest BCUT2D eigenvalue weighted by Gasteiger charge is -2.04. The fourth-order valence-electron chi connectivity index (χ4n) is 3.17. The summed E-state index contributed by atoms with van der Waals surface area (Å²) in [6, 6.07) is 23.9. The molecule has 0 saturated heterocycles. The normalized spacial score (nSPS) is 11.4. The number of fused-ring (bicyclic) bond motifs is 2. The number of aromatic nitrogens is 1. The van der Waals surface area contributed by atoms with Gasteiger partial charge < -0.3 is 9.15 Å². The Balaban J connectivity index is 1.41. The smallest absolute Gasteiger partial charge is 0.346 e. The highest BCUT2D eigenvalue weighted by atomic mass is 32.1. The molecular weight excluding hydrogens is 410 g/mol. The number of benzene rings is 3. The summed E-state index contributed by atoms with van der Waals surface area (Å²) in [5.74, 6) is -0.220. The molecule has 5 aromatic rings. The molecule has 2 aromatic heterocycles. The lowest BCUT2D eigenvalue weighted by molar-refractivity contribution is -0.128. The molecule has 0 radical (unpaired) electrons. The molecule has 0 unspecified atom stereocenters. The van der Waals surface area contributed by atoms with E-state index in [1.165, 1.54) is 23.5 Å². The molecule has 0 atom stereocenters. The van der Waals surface area contributed by atoms with Crippen LogP contribution in [0.25, 0.3) is 37.8 Å². The molecular formula is C25H15NO4S. The zero-order valence-electron chi connectivity index (χ0n) is 16.1. The highest BCUT2D eigenvalue weighted by molar-refractivity contribution is 7.21. The summed E-state index contributed by atoms with van der Waals surface area (Å²) in [7, 11) is 0. The number of thiazole rings is 1. The third kappa shape index (κ3) is 4.01. The van der Waals surface area contributed by atoms with Gasteiger partial charge in [-0.15, -0.1) is 11.3 Å². The summed E-state index contributed by atoms with van der Waals surface area (Å²) in [5, 5.41) is 1.33. The molecule has 0 amide bonds. The molecule has 0 fully saturated rings. The summed E-state index contributed by atoms with van der Waals surface area (Å²) in [5.41, 5.74) is 1.99. The van der Waals surface area contributed by atoms with Gasteiger partial charge in [0, 0.05) is 17.5 Å². The molecule has 3 aromatic carbocycles. The van der Waals surface area contributed by atoms with Crippen molar-refractivity contribution in [2.45, 2.75) is 0 Å². The number of hydrogen-bond acceptors (Lipinski definition) is 6. The van der Waals surface area contributed by atoms with Crippen molar-refractivity contribution in [2.24, 2.45) is 0 Å². The summed E-state index contributed by atoms with van der Waals surface area (Å²) in [6.45, 7) is 0. The number of carbonyl (C=O) groups is 1. The minimum atomic E-state index is -0.517. The van der Waals surface area contributed by atoms with Crippen LogP contribution in [-0.4, -0.2) is 11.0 Å². The highest BCUT2D eigenvalue weighted by Crippen LogP contribution is 2.30. The third-order valence-corrected chi connectivity index (χ3v) is 5.73. The fourth-order valence-corrected chi connectivity index (χ4v) is 4.14. The van der Waals surface area contributed by atoms with Gasteiger partial charge in [-0.05, 0) is 42.0 Å². The Morgan fingerprint density at radius 3 is 2.61 bits per heavy atom. The van der Waals surface area contributed by atoms with Gasteiger partial charge in [-0.2, -0.15) is 0 Å². The number of ether oxygens (including phenoxy) is 1. The Morgan fingerprint density at radius 2 is 1.77 bits per heavy atom.